The second-order valence-electron chi connectivity index (χ2n) is 4.68. The molecule has 106 valence electrons. The summed E-state index contributed by atoms with van der Waals surface area (Å²) in [5, 5.41) is 0. The van der Waals surface area contributed by atoms with Gasteiger partial charge in [0.25, 0.3) is 6.64 Å². The van der Waals surface area contributed by atoms with Crippen molar-refractivity contribution in [3.8, 4) is 0 Å². The highest BCUT2D eigenvalue weighted by molar-refractivity contribution is 8.15. The van der Waals surface area contributed by atoms with Gasteiger partial charge < -0.3 is 9.05 Å². The van der Waals surface area contributed by atoms with E-state index in [1.54, 1.807) is 4.08 Å². The molecule has 0 unspecified atom stereocenters. The summed E-state index contributed by atoms with van der Waals surface area (Å²) in [4.78, 5) is 10.6. The van der Waals surface area contributed by atoms with Crippen molar-refractivity contribution in [2.75, 3.05) is 26.8 Å². The van der Waals surface area contributed by atoms with E-state index in [2.05, 4.69) is 0 Å². The molecule has 0 radical (unpaired) electrons. The van der Waals surface area contributed by atoms with E-state index in [0.717, 1.165) is 16.4 Å². The van der Waals surface area contributed by atoms with Gasteiger partial charge in [-0.05, 0) is 11.8 Å². The molecule has 0 aromatic heterocycles. The SMILES string of the molecule is CCN(SN(C)C(=O)F)P1(=S)OCC(C)(C)CO1. The summed E-state index contributed by atoms with van der Waals surface area (Å²) in [5.41, 5.74) is -0.0752. The Hall–Kier alpha value is 0.280. The summed E-state index contributed by atoms with van der Waals surface area (Å²) in [5.74, 6) is 0. The topological polar surface area (TPSA) is 42.0 Å². The van der Waals surface area contributed by atoms with Gasteiger partial charge in [0.1, 0.15) is 0 Å². The van der Waals surface area contributed by atoms with E-state index in [-0.39, 0.29) is 5.41 Å². The van der Waals surface area contributed by atoms with Crippen LogP contribution in [-0.4, -0.2) is 41.3 Å². The van der Waals surface area contributed by atoms with Crippen molar-refractivity contribution < 1.29 is 18.2 Å². The zero-order chi connectivity index (χ0) is 14.0. The second kappa shape index (κ2) is 6.15. The molecule has 0 bridgehead atoms. The standard InChI is InChI=1S/C9H18FN2O3PS2/c1-5-12(18-11(4)8(10)13)16(17)14-6-9(2,3)7-15-16/h5-7H2,1-4H3. The number of nitrogens with zero attached hydrogens (tertiary/aromatic N) is 2. The molecule has 1 aliphatic heterocycles. The van der Waals surface area contributed by atoms with E-state index in [9.17, 15) is 9.18 Å². The van der Waals surface area contributed by atoms with Crippen LogP contribution in [-0.2, 0) is 20.9 Å². The van der Waals surface area contributed by atoms with E-state index in [1.165, 1.54) is 7.05 Å². The van der Waals surface area contributed by atoms with Gasteiger partial charge in [-0.3, -0.25) is 0 Å². The lowest BCUT2D eigenvalue weighted by Gasteiger charge is -2.40. The summed E-state index contributed by atoms with van der Waals surface area (Å²) in [6, 6.07) is 0. The molecular formula is C9H18FN2O3PS2. The summed E-state index contributed by atoms with van der Waals surface area (Å²) in [6.45, 7) is 4.75. The lowest BCUT2D eigenvalue weighted by atomic mass is 9.97. The average Bonchev–Trinajstić information content (AvgIpc) is 2.29. The maximum atomic E-state index is 12.5. The second-order valence-corrected chi connectivity index (χ2v) is 9.42. The summed E-state index contributed by atoms with van der Waals surface area (Å²) in [6.07, 6.45) is -1.53. The fraction of sp³-hybridized carbons (Fsp3) is 0.889. The zero-order valence-corrected chi connectivity index (χ0v) is 13.4. The molecule has 1 aliphatic rings. The first-order chi connectivity index (χ1) is 8.20. The Labute approximate surface area is 116 Å². The van der Waals surface area contributed by atoms with Crippen molar-refractivity contribution >= 4 is 36.7 Å². The zero-order valence-electron chi connectivity index (χ0n) is 10.9. The first kappa shape index (κ1) is 16.3. The van der Waals surface area contributed by atoms with E-state index in [0.29, 0.717) is 19.8 Å². The highest BCUT2D eigenvalue weighted by Crippen LogP contribution is 2.59. The van der Waals surface area contributed by atoms with Crippen LogP contribution in [0, 0.1) is 5.41 Å². The Kier molecular flexibility index (Phi) is 5.58. The first-order valence-electron chi connectivity index (χ1n) is 5.48. The Bertz CT molecular complexity index is 356. The Morgan fingerprint density at radius 1 is 1.50 bits per heavy atom. The monoisotopic (exact) mass is 316 g/mol. The quantitative estimate of drug-likeness (QED) is 0.343. The minimum atomic E-state index is -2.63. The summed E-state index contributed by atoms with van der Waals surface area (Å²) < 4.78 is 26.4. The Morgan fingerprint density at radius 3 is 2.39 bits per heavy atom. The number of hydrogen-bond donors (Lipinski definition) is 0. The van der Waals surface area contributed by atoms with Crippen LogP contribution in [0.3, 0.4) is 0 Å². The number of rotatable bonds is 4. The molecule has 0 aromatic carbocycles. The lowest BCUT2D eigenvalue weighted by Crippen LogP contribution is -2.34. The van der Waals surface area contributed by atoms with Crippen molar-refractivity contribution in [3.05, 3.63) is 0 Å². The van der Waals surface area contributed by atoms with Crippen LogP contribution in [0.4, 0.5) is 9.18 Å². The lowest BCUT2D eigenvalue weighted by molar-refractivity contribution is 0.0507. The summed E-state index contributed by atoms with van der Waals surface area (Å²) in [7, 11) is 1.34. The van der Waals surface area contributed by atoms with Gasteiger partial charge in [0, 0.05) is 19.0 Å². The first-order valence-corrected chi connectivity index (χ1v) is 8.81. The molecule has 0 atom stereocenters. The minimum absolute atomic E-state index is 0.0752. The fourth-order valence-electron chi connectivity index (χ4n) is 1.17. The van der Waals surface area contributed by atoms with Crippen molar-refractivity contribution in [2.24, 2.45) is 5.41 Å². The molecule has 0 aromatic rings. The molecule has 1 heterocycles. The van der Waals surface area contributed by atoms with Gasteiger partial charge in [0.05, 0.1) is 25.3 Å². The predicted octanol–water partition coefficient (Wildman–Crippen LogP) is 3.19. The van der Waals surface area contributed by atoms with Gasteiger partial charge in [-0.1, -0.05) is 20.8 Å². The molecule has 0 aliphatic carbocycles. The van der Waals surface area contributed by atoms with E-state index < -0.39 is 12.8 Å². The molecule has 18 heavy (non-hydrogen) atoms. The highest BCUT2D eigenvalue weighted by Gasteiger charge is 2.38. The number of halogens is 1. The fourth-order valence-corrected chi connectivity index (χ4v) is 5.24. The maximum absolute atomic E-state index is 12.5. The third kappa shape index (κ3) is 4.15. The van der Waals surface area contributed by atoms with Gasteiger partial charge >= 0.3 is 6.16 Å². The molecular weight excluding hydrogens is 298 g/mol. The van der Waals surface area contributed by atoms with Crippen LogP contribution in [0.1, 0.15) is 20.8 Å². The molecule has 0 N–H and O–H groups in total. The molecule has 1 amide bonds. The normalized spacial score (nSPS) is 21.9. The number of hydrogen-bond acceptors (Lipinski definition) is 5. The van der Waals surface area contributed by atoms with Crippen molar-refractivity contribution in [1.82, 2.24) is 8.38 Å². The minimum Gasteiger partial charge on any atom is -0.317 e. The van der Waals surface area contributed by atoms with Gasteiger partial charge in [0.15, 0.2) is 0 Å². The highest BCUT2D eigenvalue weighted by atomic mass is 32.5. The van der Waals surface area contributed by atoms with Gasteiger partial charge in [-0.25, -0.2) is 9.10 Å². The number of amides is 1. The molecule has 1 rings (SSSR count). The van der Waals surface area contributed by atoms with Crippen LogP contribution in [0.5, 0.6) is 0 Å². The molecule has 0 spiro atoms. The summed E-state index contributed by atoms with van der Waals surface area (Å²) >= 11 is 6.29. The van der Waals surface area contributed by atoms with Crippen LogP contribution < -0.4 is 0 Å². The van der Waals surface area contributed by atoms with Crippen LogP contribution in [0.15, 0.2) is 0 Å². The molecule has 0 saturated carbocycles. The Morgan fingerprint density at radius 2 is 2.00 bits per heavy atom. The van der Waals surface area contributed by atoms with Crippen molar-refractivity contribution in [1.29, 1.82) is 0 Å². The van der Waals surface area contributed by atoms with E-state index >= 15 is 0 Å². The third-order valence-corrected chi connectivity index (χ3v) is 7.22. The van der Waals surface area contributed by atoms with Crippen molar-refractivity contribution in [2.45, 2.75) is 20.8 Å². The van der Waals surface area contributed by atoms with Crippen LogP contribution >= 0.6 is 18.8 Å². The maximum Gasteiger partial charge on any atom is 0.410 e. The average molecular weight is 316 g/mol. The van der Waals surface area contributed by atoms with Crippen molar-refractivity contribution in [3.63, 3.8) is 0 Å². The number of carbonyl (C=O) groups excluding carboxylic acids is 1. The molecule has 9 heteroatoms. The van der Waals surface area contributed by atoms with Crippen LogP contribution in [0.2, 0.25) is 0 Å². The van der Waals surface area contributed by atoms with Gasteiger partial charge in [0.2, 0.25) is 0 Å². The largest absolute Gasteiger partial charge is 0.410 e. The van der Waals surface area contributed by atoms with E-state index in [1.807, 2.05) is 20.8 Å². The predicted molar refractivity (Wildman–Crippen MR) is 74.2 cm³/mol. The van der Waals surface area contributed by atoms with E-state index in [4.69, 9.17) is 20.9 Å². The van der Waals surface area contributed by atoms with Gasteiger partial charge in [-0.15, -0.1) is 4.39 Å². The molecule has 1 saturated heterocycles. The molecule has 5 nitrogen and oxygen atoms in total. The molecule has 1 fully saturated rings. The smallest absolute Gasteiger partial charge is 0.317 e. The number of carbonyl (C=O) groups is 1. The Balaban J connectivity index is 2.71. The van der Waals surface area contributed by atoms with Crippen LogP contribution in [0.25, 0.3) is 0 Å². The van der Waals surface area contributed by atoms with Gasteiger partial charge in [-0.2, -0.15) is 4.08 Å². The third-order valence-electron chi connectivity index (χ3n) is 2.24.